The summed E-state index contributed by atoms with van der Waals surface area (Å²) >= 11 is 0. The van der Waals surface area contributed by atoms with E-state index in [2.05, 4.69) is 0 Å². The van der Waals surface area contributed by atoms with Gasteiger partial charge in [-0.1, -0.05) is 12.1 Å². The molecule has 0 heterocycles. The Morgan fingerprint density at radius 3 is 2.10 bits per heavy atom. The number of benzene rings is 1. The molecule has 1 aliphatic rings. The third-order valence-electron chi connectivity index (χ3n) is 3.45. The summed E-state index contributed by atoms with van der Waals surface area (Å²) in [6.45, 7) is 3.97. The van der Waals surface area contributed by atoms with Gasteiger partial charge in [0.1, 0.15) is 9.79 Å². The van der Waals surface area contributed by atoms with E-state index in [1.54, 1.807) is 13.8 Å². The number of hydrogen-bond donors (Lipinski definition) is 1. The smallest absolute Gasteiger partial charge is 0.225 e. The predicted molar refractivity (Wildman–Crippen MR) is 79.6 cm³/mol. The lowest BCUT2D eigenvalue weighted by atomic mass is 10.3. The van der Waals surface area contributed by atoms with Crippen molar-refractivity contribution in [3.63, 3.8) is 0 Å². The van der Waals surface area contributed by atoms with Crippen LogP contribution in [0.5, 0.6) is 0 Å². The highest BCUT2D eigenvalue weighted by molar-refractivity contribution is 7.92. The van der Waals surface area contributed by atoms with Crippen LogP contribution in [0.3, 0.4) is 0 Å². The third kappa shape index (κ3) is 3.63. The zero-order valence-electron chi connectivity index (χ0n) is 12.1. The van der Waals surface area contributed by atoms with Gasteiger partial charge in [-0.2, -0.15) is 4.31 Å². The largest absolute Gasteiger partial charge is 0.244 e. The van der Waals surface area contributed by atoms with Crippen LogP contribution in [-0.2, 0) is 20.0 Å². The first-order valence-electron chi connectivity index (χ1n) is 6.77. The first-order valence-corrected chi connectivity index (χ1v) is 9.76. The van der Waals surface area contributed by atoms with Crippen molar-refractivity contribution in [1.82, 2.24) is 4.31 Å². The van der Waals surface area contributed by atoms with Crippen LogP contribution in [0.1, 0.15) is 26.7 Å². The summed E-state index contributed by atoms with van der Waals surface area (Å²) in [5.41, 5.74) is 0. The first-order chi connectivity index (χ1) is 9.64. The average Bonchev–Trinajstić information content (AvgIpc) is 3.18. The summed E-state index contributed by atoms with van der Waals surface area (Å²) in [6, 6.07) is 5.22. The molecule has 0 saturated heterocycles. The average molecular weight is 332 g/mol. The van der Waals surface area contributed by atoms with Crippen molar-refractivity contribution in [1.29, 1.82) is 0 Å². The van der Waals surface area contributed by atoms with E-state index in [1.807, 2.05) is 0 Å². The number of nitrogens with two attached hydrogens (primary N) is 1. The number of nitrogens with zero attached hydrogens (tertiary/aromatic N) is 1. The molecule has 0 amide bonds. The predicted octanol–water partition coefficient (Wildman–Crippen LogP) is 1.14. The molecular weight excluding hydrogens is 312 g/mol. The topological polar surface area (TPSA) is 97.5 Å². The Kier molecular flexibility index (Phi) is 4.44. The van der Waals surface area contributed by atoms with Gasteiger partial charge in [0.2, 0.25) is 20.0 Å². The number of rotatable bonds is 6. The van der Waals surface area contributed by atoms with E-state index in [0.717, 1.165) is 12.8 Å². The molecule has 1 aromatic rings. The van der Waals surface area contributed by atoms with E-state index >= 15 is 0 Å². The second-order valence-electron chi connectivity index (χ2n) is 5.60. The number of primary sulfonamides is 1. The number of hydrogen-bond acceptors (Lipinski definition) is 4. The minimum absolute atomic E-state index is 0.246. The second-order valence-corrected chi connectivity index (χ2v) is 8.99. The molecule has 0 aliphatic heterocycles. The maximum absolute atomic E-state index is 12.8. The van der Waals surface area contributed by atoms with E-state index in [1.165, 1.54) is 28.6 Å². The quantitative estimate of drug-likeness (QED) is 0.844. The molecule has 0 unspecified atom stereocenters. The molecule has 6 nitrogen and oxygen atoms in total. The van der Waals surface area contributed by atoms with Gasteiger partial charge in [0.15, 0.2) is 0 Å². The second kappa shape index (κ2) is 5.68. The summed E-state index contributed by atoms with van der Waals surface area (Å²) in [6.07, 6.45) is 2.02. The van der Waals surface area contributed by atoms with Crippen LogP contribution < -0.4 is 5.14 Å². The van der Waals surface area contributed by atoms with Crippen molar-refractivity contribution in [2.75, 3.05) is 6.54 Å². The molecule has 0 atom stereocenters. The minimum atomic E-state index is -4.09. The molecular formula is C13H20N2O4S2. The van der Waals surface area contributed by atoms with Crippen LogP contribution in [0.4, 0.5) is 0 Å². The van der Waals surface area contributed by atoms with Gasteiger partial charge < -0.3 is 0 Å². The van der Waals surface area contributed by atoms with Gasteiger partial charge in [0.05, 0.1) is 0 Å². The molecule has 8 heteroatoms. The van der Waals surface area contributed by atoms with Crippen LogP contribution in [-0.4, -0.2) is 33.7 Å². The van der Waals surface area contributed by atoms with Crippen molar-refractivity contribution in [2.24, 2.45) is 11.1 Å². The molecule has 2 N–H and O–H groups in total. The highest BCUT2D eigenvalue weighted by Crippen LogP contribution is 2.33. The van der Waals surface area contributed by atoms with Gasteiger partial charge in [-0.25, -0.2) is 22.0 Å². The molecule has 2 rings (SSSR count). The van der Waals surface area contributed by atoms with Crippen LogP contribution in [0.2, 0.25) is 0 Å². The van der Waals surface area contributed by atoms with Crippen LogP contribution in [0.15, 0.2) is 34.1 Å². The lowest BCUT2D eigenvalue weighted by molar-refractivity contribution is 0.341. The van der Waals surface area contributed by atoms with Gasteiger partial charge in [-0.15, -0.1) is 0 Å². The maximum Gasteiger partial charge on any atom is 0.244 e. The lowest BCUT2D eigenvalue weighted by Gasteiger charge is -2.26. The van der Waals surface area contributed by atoms with Crippen LogP contribution >= 0.6 is 0 Å². The fraction of sp³-hybridized carbons (Fsp3) is 0.538. The Bertz CT molecular complexity index is 722. The minimum Gasteiger partial charge on any atom is -0.225 e. The molecule has 0 bridgehead atoms. The summed E-state index contributed by atoms with van der Waals surface area (Å²) in [5.74, 6) is 0.365. The normalized spacial score (nSPS) is 16.6. The molecule has 21 heavy (non-hydrogen) atoms. The zero-order chi connectivity index (χ0) is 15.8. The molecule has 0 aromatic heterocycles. The molecule has 1 saturated carbocycles. The van der Waals surface area contributed by atoms with Crippen molar-refractivity contribution in [3.8, 4) is 0 Å². The Labute approximate surface area is 126 Å². The Morgan fingerprint density at radius 2 is 1.67 bits per heavy atom. The molecule has 1 aliphatic carbocycles. The van der Waals surface area contributed by atoms with Crippen LogP contribution in [0, 0.1) is 5.92 Å². The maximum atomic E-state index is 12.8. The van der Waals surface area contributed by atoms with E-state index < -0.39 is 20.0 Å². The summed E-state index contributed by atoms with van der Waals surface area (Å²) in [4.78, 5) is -0.603. The monoisotopic (exact) mass is 332 g/mol. The summed E-state index contributed by atoms with van der Waals surface area (Å²) < 4.78 is 50.2. The fourth-order valence-electron chi connectivity index (χ4n) is 2.17. The van der Waals surface area contributed by atoms with Crippen molar-refractivity contribution >= 4 is 20.0 Å². The van der Waals surface area contributed by atoms with E-state index in [9.17, 15) is 16.8 Å². The molecule has 0 spiro atoms. The van der Waals surface area contributed by atoms with Crippen LogP contribution in [0.25, 0.3) is 0 Å². The highest BCUT2D eigenvalue weighted by Gasteiger charge is 2.35. The number of sulfonamides is 2. The standard InChI is InChI=1S/C13H20N2O4S2/c1-10(2)15(9-11-7-8-11)21(18,19)13-6-4-3-5-12(13)20(14,16)17/h3-6,10-11H,7-9H2,1-2H3,(H2,14,16,17). The molecule has 1 fully saturated rings. The first kappa shape index (κ1) is 16.4. The molecule has 118 valence electrons. The van der Waals surface area contributed by atoms with E-state index in [-0.39, 0.29) is 15.8 Å². The van der Waals surface area contributed by atoms with E-state index in [4.69, 9.17) is 5.14 Å². The summed E-state index contributed by atoms with van der Waals surface area (Å²) in [7, 11) is -7.99. The zero-order valence-corrected chi connectivity index (χ0v) is 13.7. The highest BCUT2D eigenvalue weighted by atomic mass is 32.2. The Morgan fingerprint density at radius 1 is 1.14 bits per heavy atom. The molecule has 0 radical (unpaired) electrons. The van der Waals surface area contributed by atoms with Crippen molar-refractivity contribution < 1.29 is 16.8 Å². The van der Waals surface area contributed by atoms with Gasteiger partial charge in [-0.05, 0) is 44.7 Å². The van der Waals surface area contributed by atoms with Crippen molar-refractivity contribution in [2.45, 2.75) is 42.5 Å². The fourth-order valence-corrected chi connectivity index (χ4v) is 5.23. The van der Waals surface area contributed by atoms with Crippen molar-refractivity contribution in [3.05, 3.63) is 24.3 Å². The Balaban J connectivity index is 2.52. The van der Waals surface area contributed by atoms with Gasteiger partial charge >= 0.3 is 0 Å². The summed E-state index contributed by atoms with van der Waals surface area (Å²) in [5, 5.41) is 5.13. The van der Waals surface area contributed by atoms with Gasteiger partial charge in [0, 0.05) is 12.6 Å². The SMILES string of the molecule is CC(C)N(CC1CC1)S(=O)(=O)c1ccccc1S(N)(=O)=O. The molecule has 1 aromatic carbocycles. The van der Waals surface area contributed by atoms with Gasteiger partial charge in [0.25, 0.3) is 0 Å². The lowest BCUT2D eigenvalue weighted by Crippen LogP contribution is -2.39. The third-order valence-corrected chi connectivity index (χ3v) is 6.65. The Hall–Kier alpha value is -0.960. The van der Waals surface area contributed by atoms with Gasteiger partial charge in [-0.3, -0.25) is 0 Å². The van der Waals surface area contributed by atoms with E-state index in [0.29, 0.717) is 12.5 Å².